The SMILES string of the molecule is Cn1cnnc1S(=O)(=O)NC1CCCc2ccccc21. The molecule has 1 unspecified atom stereocenters. The number of aryl methyl sites for hydroxylation is 2. The van der Waals surface area contributed by atoms with E-state index in [4.69, 9.17) is 0 Å². The summed E-state index contributed by atoms with van der Waals surface area (Å²) in [6, 6.07) is 7.77. The lowest BCUT2D eigenvalue weighted by Gasteiger charge is -2.25. The van der Waals surface area contributed by atoms with Crippen LogP contribution < -0.4 is 4.72 Å². The number of benzene rings is 1. The van der Waals surface area contributed by atoms with Gasteiger partial charge in [0.05, 0.1) is 0 Å². The topological polar surface area (TPSA) is 76.9 Å². The Labute approximate surface area is 117 Å². The summed E-state index contributed by atoms with van der Waals surface area (Å²) in [5.74, 6) is 0. The highest BCUT2D eigenvalue weighted by Gasteiger charge is 2.28. The molecule has 0 radical (unpaired) electrons. The minimum absolute atomic E-state index is 0.0550. The number of aromatic nitrogens is 3. The third-order valence-corrected chi connectivity index (χ3v) is 5.02. The molecule has 1 aromatic carbocycles. The van der Waals surface area contributed by atoms with Gasteiger partial charge in [0.1, 0.15) is 6.33 Å². The molecule has 0 spiro atoms. The van der Waals surface area contributed by atoms with Gasteiger partial charge in [-0.3, -0.25) is 0 Å². The predicted molar refractivity (Wildman–Crippen MR) is 73.4 cm³/mol. The lowest BCUT2D eigenvalue weighted by Crippen LogP contribution is -2.32. The molecule has 1 aromatic heterocycles. The molecular weight excluding hydrogens is 276 g/mol. The Hall–Kier alpha value is -1.73. The molecule has 6 nitrogen and oxygen atoms in total. The van der Waals surface area contributed by atoms with Gasteiger partial charge < -0.3 is 4.57 Å². The van der Waals surface area contributed by atoms with Crippen molar-refractivity contribution in [2.75, 3.05) is 0 Å². The first-order chi connectivity index (χ1) is 9.58. The van der Waals surface area contributed by atoms with E-state index in [-0.39, 0.29) is 11.2 Å². The maximum atomic E-state index is 12.4. The quantitative estimate of drug-likeness (QED) is 0.921. The van der Waals surface area contributed by atoms with Crippen LogP contribution in [0.2, 0.25) is 0 Å². The second kappa shape index (κ2) is 4.99. The molecule has 3 rings (SSSR count). The largest absolute Gasteiger partial charge is 0.306 e. The summed E-state index contributed by atoms with van der Waals surface area (Å²) in [5.41, 5.74) is 2.27. The van der Waals surface area contributed by atoms with Crippen LogP contribution in [0.15, 0.2) is 35.7 Å². The zero-order chi connectivity index (χ0) is 14.2. The van der Waals surface area contributed by atoms with Crippen LogP contribution in [0.1, 0.15) is 30.0 Å². The molecule has 0 saturated heterocycles. The standard InChI is InChI=1S/C13H16N4O2S/c1-17-9-14-15-13(17)20(18,19)16-12-8-4-6-10-5-2-3-7-11(10)12/h2-3,5,7,9,12,16H,4,6,8H2,1H3. The van der Waals surface area contributed by atoms with Crippen LogP contribution in [-0.4, -0.2) is 23.2 Å². The molecule has 1 aliphatic rings. The summed E-state index contributed by atoms with van der Waals surface area (Å²) in [5, 5.41) is 7.24. The van der Waals surface area contributed by atoms with E-state index in [0.29, 0.717) is 0 Å². The lowest BCUT2D eigenvalue weighted by atomic mass is 9.88. The fraction of sp³-hybridized carbons (Fsp3) is 0.385. The molecule has 0 aliphatic heterocycles. The van der Waals surface area contributed by atoms with Gasteiger partial charge >= 0.3 is 0 Å². The van der Waals surface area contributed by atoms with Crippen molar-refractivity contribution < 1.29 is 8.42 Å². The number of nitrogens with one attached hydrogen (secondary N) is 1. The van der Waals surface area contributed by atoms with Crippen molar-refractivity contribution in [3.05, 3.63) is 41.7 Å². The molecule has 0 fully saturated rings. The van der Waals surface area contributed by atoms with Gasteiger partial charge in [0.15, 0.2) is 0 Å². The van der Waals surface area contributed by atoms with Crippen LogP contribution in [0.5, 0.6) is 0 Å². The van der Waals surface area contributed by atoms with Gasteiger partial charge in [-0.2, -0.15) is 0 Å². The van der Waals surface area contributed by atoms with Crippen LogP contribution in [0.4, 0.5) is 0 Å². The average molecular weight is 292 g/mol. The Morgan fingerprint density at radius 3 is 2.90 bits per heavy atom. The van der Waals surface area contributed by atoms with E-state index >= 15 is 0 Å². The number of hydrogen-bond donors (Lipinski definition) is 1. The van der Waals surface area contributed by atoms with Crippen LogP contribution >= 0.6 is 0 Å². The minimum Gasteiger partial charge on any atom is -0.306 e. The Bertz CT molecular complexity index is 723. The molecule has 1 heterocycles. The van der Waals surface area contributed by atoms with Gasteiger partial charge in [0.25, 0.3) is 15.2 Å². The van der Waals surface area contributed by atoms with Gasteiger partial charge in [-0.15, -0.1) is 10.2 Å². The van der Waals surface area contributed by atoms with Crippen LogP contribution in [0.25, 0.3) is 0 Å². The minimum atomic E-state index is -3.65. The van der Waals surface area contributed by atoms with Crippen molar-refractivity contribution in [2.45, 2.75) is 30.5 Å². The molecule has 20 heavy (non-hydrogen) atoms. The van der Waals surface area contributed by atoms with Crippen molar-refractivity contribution in [3.63, 3.8) is 0 Å². The van der Waals surface area contributed by atoms with Crippen molar-refractivity contribution in [1.29, 1.82) is 0 Å². The first kappa shape index (κ1) is 13.3. The molecule has 1 N–H and O–H groups in total. The highest BCUT2D eigenvalue weighted by atomic mass is 32.2. The Morgan fingerprint density at radius 1 is 1.35 bits per heavy atom. The van der Waals surface area contributed by atoms with E-state index in [9.17, 15) is 8.42 Å². The maximum Gasteiger partial charge on any atom is 0.276 e. The molecular formula is C13H16N4O2S. The number of nitrogens with zero attached hydrogens (tertiary/aromatic N) is 3. The van der Waals surface area contributed by atoms with E-state index < -0.39 is 10.0 Å². The zero-order valence-electron chi connectivity index (χ0n) is 11.2. The summed E-state index contributed by atoms with van der Waals surface area (Å²) in [6.07, 6.45) is 4.15. The van der Waals surface area contributed by atoms with Gasteiger partial charge in [0.2, 0.25) is 0 Å². The van der Waals surface area contributed by atoms with E-state index in [1.54, 1.807) is 7.05 Å². The molecule has 106 valence electrons. The second-order valence-corrected chi connectivity index (χ2v) is 6.60. The van der Waals surface area contributed by atoms with Gasteiger partial charge in [0, 0.05) is 13.1 Å². The van der Waals surface area contributed by atoms with E-state index in [0.717, 1.165) is 24.8 Å². The summed E-state index contributed by atoms with van der Waals surface area (Å²) in [7, 11) is -2.04. The van der Waals surface area contributed by atoms with Crippen molar-refractivity contribution in [1.82, 2.24) is 19.5 Å². The highest BCUT2D eigenvalue weighted by Crippen LogP contribution is 2.30. The molecule has 0 bridgehead atoms. The molecule has 0 saturated carbocycles. The monoisotopic (exact) mass is 292 g/mol. The van der Waals surface area contributed by atoms with Gasteiger partial charge in [-0.05, 0) is 30.4 Å². The van der Waals surface area contributed by atoms with Crippen molar-refractivity contribution in [2.24, 2.45) is 7.05 Å². The molecule has 1 aliphatic carbocycles. The number of hydrogen-bond acceptors (Lipinski definition) is 4. The molecule has 0 amide bonds. The Morgan fingerprint density at radius 2 is 2.15 bits per heavy atom. The fourth-order valence-corrected chi connectivity index (χ4v) is 3.94. The summed E-state index contributed by atoms with van der Waals surface area (Å²) in [6.45, 7) is 0. The first-order valence-corrected chi connectivity index (χ1v) is 8.00. The van der Waals surface area contributed by atoms with E-state index in [1.165, 1.54) is 16.5 Å². The Kier molecular flexibility index (Phi) is 3.31. The second-order valence-electron chi connectivity index (χ2n) is 4.99. The maximum absolute atomic E-state index is 12.4. The van der Waals surface area contributed by atoms with Crippen molar-refractivity contribution >= 4 is 10.0 Å². The fourth-order valence-electron chi connectivity index (χ4n) is 2.63. The smallest absolute Gasteiger partial charge is 0.276 e. The van der Waals surface area contributed by atoms with E-state index in [2.05, 4.69) is 21.0 Å². The number of sulfonamides is 1. The third-order valence-electron chi connectivity index (χ3n) is 3.58. The lowest BCUT2D eigenvalue weighted by molar-refractivity contribution is 0.500. The summed E-state index contributed by atoms with van der Waals surface area (Å²) >= 11 is 0. The van der Waals surface area contributed by atoms with Gasteiger partial charge in [-0.25, -0.2) is 13.1 Å². The first-order valence-electron chi connectivity index (χ1n) is 6.52. The van der Waals surface area contributed by atoms with Crippen LogP contribution in [-0.2, 0) is 23.5 Å². The summed E-state index contributed by atoms with van der Waals surface area (Å²) < 4.78 is 28.9. The normalized spacial score (nSPS) is 18.8. The highest BCUT2D eigenvalue weighted by molar-refractivity contribution is 7.89. The number of fused-ring (bicyclic) bond motifs is 1. The summed E-state index contributed by atoms with van der Waals surface area (Å²) in [4.78, 5) is 0. The molecule has 1 atom stereocenters. The molecule has 2 aromatic rings. The number of rotatable bonds is 3. The van der Waals surface area contributed by atoms with Gasteiger partial charge in [-0.1, -0.05) is 24.3 Å². The van der Waals surface area contributed by atoms with Crippen LogP contribution in [0.3, 0.4) is 0 Å². The average Bonchev–Trinajstić information content (AvgIpc) is 2.86. The van der Waals surface area contributed by atoms with Crippen LogP contribution in [0, 0.1) is 0 Å². The van der Waals surface area contributed by atoms with Crippen molar-refractivity contribution in [3.8, 4) is 0 Å². The zero-order valence-corrected chi connectivity index (χ0v) is 12.0. The van der Waals surface area contributed by atoms with E-state index in [1.807, 2.05) is 18.2 Å². The predicted octanol–water partition coefficient (Wildman–Crippen LogP) is 1.17. The molecule has 7 heteroatoms. The third kappa shape index (κ3) is 2.34. The Balaban J connectivity index is 1.91.